The SMILES string of the molecule is CCN(CC)CCCC(C)OC(=O)c1ccc2c(c1)C(=O)c1cc(C(=O)OC(C)CCCN(CC)CC)ccc1-2. The summed E-state index contributed by atoms with van der Waals surface area (Å²) >= 11 is 0. The molecule has 7 heteroatoms. The van der Waals surface area contributed by atoms with Crippen molar-refractivity contribution >= 4 is 17.7 Å². The summed E-state index contributed by atoms with van der Waals surface area (Å²) in [7, 11) is 0. The smallest absolute Gasteiger partial charge is 0.338 e. The van der Waals surface area contributed by atoms with Gasteiger partial charge in [0.05, 0.1) is 23.3 Å². The fourth-order valence-electron chi connectivity index (χ4n) is 5.24. The van der Waals surface area contributed by atoms with E-state index in [2.05, 4.69) is 37.5 Å². The minimum atomic E-state index is -0.429. The molecule has 2 unspecified atom stereocenters. The topological polar surface area (TPSA) is 76.1 Å². The number of carbonyl (C=O) groups excluding carboxylic acids is 3. The maximum atomic E-state index is 13.3. The predicted molar refractivity (Wildman–Crippen MR) is 159 cm³/mol. The molecule has 0 bridgehead atoms. The Balaban J connectivity index is 1.60. The van der Waals surface area contributed by atoms with Gasteiger partial charge in [-0.3, -0.25) is 4.79 Å². The summed E-state index contributed by atoms with van der Waals surface area (Å²) < 4.78 is 11.3. The van der Waals surface area contributed by atoms with Gasteiger partial charge in [0.25, 0.3) is 0 Å². The van der Waals surface area contributed by atoms with Gasteiger partial charge in [0.1, 0.15) is 0 Å². The van der Waals surface area contributed by atoms with Crippen LogP contribution >= 0.6 is 0 Å². The van der Waals surface area contributed by atoms with Crippen LogP contribution in [-0.4, -0.2) is 79.0 Å². The molecule has 0 amide bonds. The van der Waals surface area contributed by atoms with Crippen LogP contribution in [0.25, 0.3) is 11.1 Å². The molecule has 40 heavy (non-hydrogen) atoms. The minimum Gasteiger partial charge on any atom is -0.459 e. The van der Waals surface area contributed by atoms with Gasteiger partial charge in [-0.1, -0.05) is 39.8 Å². The Morgan fingerprint density at radius 3 is 1.38 bits per heavy atom. The lowest BCUT2D eigenvalue weighted by Crippen LogP contribution is -2.25. The molecular weight excluding hydrogens is 504 g/mol. The third-order valence-electron chi connectivity index (χ3n) is 7.87. The first-order chi connectivity index (χ1) is 19.2. The first kappa shape index (κ1) is 31.5. The second-order valence-electron chi connectivity index (χ2n) is 10.6. The van der Waals surface area contributed by atoms with Gasteiger partial charge in [0, 0.05) is 11.1 Å². The molecule has 0 spiro atoms. The summed E-state index contributed by atoms with van der Waals surface area (Å²) in [6.45, 7) is 18.4. The number of esters is 2. The number of ketones is 1. The zero-order chi connectivity index (χ0) is 29.2. The molecule has 2 atom stereocenters. The number of fused-ring (bicyclic) bond motifs is 3. The van der Waals surface area contributed by atoms with E-state index in [0.717, 1.165) is 76.1 Å². The van der Waals surface area contributed by atoms with Crippen LogP contribution in [0.1, 0.15) is 104 Å². The van der Waals surface area contributed by atoms with Crippen molar-refractivity contribution < 1.29 is 23.9 Å². The molecule has 2 aromatic rings. The summed E-state index contributed by atoms with van der Waals surface area (Å²) in [6.07, 6.45) is 3.05. The van der Waals surface area contributed by atoms with Crippen LogP contribution in [0.3, 0.4) is 0 Å². The Kier molecular flexibility index (Phi) is 11.9. The van der Waals surface area contributed by atoms with Gasteiger partial charge in [-0.2, -0.15) is 0 Å². The molecule has 7 nitrogen and oxygen atoms in total. The van der Waals surface area contributed by atoms with Gasteiger partial charge in [0.2, 0.25) is 0 Å². The van der Waals surface area contributed by atoms with Crippen molar-refractivity contribution in [1.29, 1.82) is 0 Å². The second kappa shape index (κ2) is 15.1. The number of hydrogen-bond donors (Lipinski definition) is 0. The van der Waals surface area contributed by atoms with Crippen molar-refractivity contribution in [3.05, 3.63) is 58.7 Å². The Hall–Kier alpha value is -3.03. The van der Waals surface area contributed by atoms with E-state index in [9.17, 15) is 14.4 Å². The quantitative estimate of drug-likeness (QED) is 0.196. The number of hydrogen-bond acceptors (Lipinski definition) is 7. The van der Waals surface area contributed by atoms with Gasteiger partial charge in [-0.15, -0.1) is 0 Å². The summed E-state index contributed by atoms with van der Waals surface area (Å²) in [6, 6.07) is 10.2. The van der Waals surface area contributed by atoms with Crippen molar-refractivity contribution in [3.63, 3.8) is 0 Å². The third kappa shape index (κ3) is 8.01. The summed E-state index contributed by atoms with van der Waals surface area (Å²) in [5.41, 5.74) is 3.13. The number of ether oxygens (including phenoxy) is 2. The van der Waals surface area contributed by atoms with E-state index in [0.29, 0.717) is 22.3 Å². The lowest BCUT2D eigenvalue weighted by molar-refractivity contribution is 0.0305. The fraction of sp³-hybridized carbons (Fsp3) is 0.545. The zero-order valence-corrected chi connectivity index (χ0v) is 25.1. The highest BCUT2D eigenvalue weighted by Gasteiger charge is 2.29. The molecule has 1 aliphatic carbocycles. The number of rotatable bonds is 16. The summed E-state index contributed by atoms with van der Waals surface area (Å²) in [5.74, 6) is -1.06. The Labute approximate surface area is 239 Å². The van der Waals surface area contributed by atoms with Crippen molar-refractivity contribution in [1.82, 2.24) is 9.80 Å². The van der Waals surface area contributed by atoms with Gasteiger partial charge < -0.3 is 19.3 Å². The van der Waals surface area contributed by atoms with E-state index < -0.39 is 11.9 Å². The lowest BCUT2D eigenvalue weighted by atomic mass is 10.0. The highest BCUT2D eigenvalue weighted by molar-refractivity contribution is 6.22. The fourth-order valence-corrected chi connectivity index (χ4v) is 5.24. The zero-order valence-electron chi connectivity index (χ0n) is 25.1. The Morgan fingerprint density at radius 1 is 0.650 bits per heavy atom. The summed E-state index contributed by atoms with van der Waals surface area (Å²) in [4.78, 5) is 43.6. The standard InChI is InChI=1S/C33H46N2O5/c1-7-34(8-2)19-11-13-23(5)39-32(37)25-15-17-27-28-18-16-26(22-30(28)31(36)29(27)21-25)33(38)40-24(6)14-12-20-35(9-3)10-4/h15-18,21-24H,7-14,19-20H2,1-6H3. The number of carbonyl (C=O) groups is 3. The average Bonchev–Trinajstić information content (AvgIpc) is 3.23. The molecule has 2 aromatic carbocycles. The molecule has 0 aliphatic heterocycles. The summed E-state index contributed by atoms with van der Waals surface area (Å²) in [5, 5.41) is 0. The highest BCUT2D eigenvalue weighted by atomic mass is 16.5. The molecular formula is C33H46N2O5. The first-order valence-corrected chi connectivity index (χ1v) is 14.9. The van der Waals surface area contributed by atoms with Gasteiger partial charge in [-0.05, 0) is 114 Å². The molecule has 0 radical (unpaired) electrons. The molecule has 0 heterocycles. The molecule has 0 aromatic heterocycles. The lowest BCUT2D eigenvalue weighted by Gasteiger charge is -2.19. The molecule has 218 valence electrons. The van der Waals surface area contributed by atoms with Crippen LogP contribution in [-0.2, 0) is 9.47 Å². The minimum absolute atomic E-state index is 0.200. The largest absolute Gasteiger partial charge is 0.459 e. The van der Waals surface area contributed by atoms with E-state index in [1.807, 2.05) is 13.8 Å². The highest BCUT2D eigenvalue weighted by Crippen LogP contribution is 2.37. The number of nitrogens with zero attached hydrogens (tertiary/aromatic N) is 2. The normalized spacial score (nSPS) is 13.8. The van der Waals surface area contributed by atoms with Crippen molar-refractivity contribution in [2.75, 3.05) is 39.3 Å². The molecule has 3 rings (SSSR count). The molecule has 0 saturated carbocycles. The van der Waals surface area contributed by atoms with Gasteiger partial charge >= 0.3 is 11.9 Å². The second-order valence-corrected chi connectivity index (χ2v) is 10.6. The van der Waals surface area contributed by atoms with Crippen LogP contribution in [0.4, 0.5) is 0 Å². The maximum Gasteiger partial charge on any atom is 0.338 e. The average molecular weight is 551 g/mol. The van der Waals surface area contributed by atoms with E-state index in [4.69, 9.17) is 9.47 Å². The van der Waals surface area contributed by atoms with E-state index >= 15 is 0 Å². The molecule has 1 aliphatic rings. The van der Waals surface area contributed by atoms with Gasteiger partial charge in [-0.25, -0.2) is 9.59 Å². The van der Waals surface area contributed by atoms with Crippen molar-refractivity contribution in [2.24, 2.45) is 0 Å². The van der Waals surface area contributed by atoms with Crippen molar-refractivity contribution in [3.8, 4) is 11.1 Å². The van der Waals surface area contributed by atoms with Crippen LogP contribution in [0.5, 0.6) is 0 Å². The first-order valence-electron chi connectivity index (χ1n) is 14.9. The third-order valence-corrected chi connectivity index (χ3v) is 7.87. The van der Waals surface area contributed by atoms with Gasteiger partial charge in [0.15, 0.2) is 5.78 Å². The molecule has 0 saturated heterocycles. The van der Waals surface area contributed by atoms with Crippen LogP contribution in [0, 0.1) is 0 Å². The predicted octanol–water partition coefficient (Wildman–Crippen LogP) is 6.23. The molecule has 0 fully saturated rings. The monoisotopic (exact) mass is 550 g/mol. The Morgan fingerprint density at radius 2 is 1.02 bits per heavy atom. The van der Waals surface area contributed by atoms with Crippen LogP contribution in [0.2, 0.25) is 0 Å². The number of benzene rings is 2. The van der Waals surface area contributed by atoms with Crippen molar-refractivity contribution in [2.45, 2.75) is 79.4 Å². The maximum absolute atomic E-state index is 13.3. The van der Waals surface area contributed by atoms with E-state index in [1.54, 1.807) is 36.4 Å². The van der Waals surface area contributed by atoms with E-state index in [-0.39, 0.29) is 18.0 Å². The van der Waals surface area contributed by atoms with E-state index in [1.165, 1.54) is 0 Å². The van der Waals surface area contributed by atoms with Crippen LogP contribution < -0.4 is 0 Å². The van der Waals surface area contributed by atoms with Crippen LogP contribution in [0.15, 0.2) is 36.4 Å². The Bertz CT molecular complexity index is 1080. The molecule has 0 N–H and O–H groups in total.